The topological polar surface area (TPSA) is 169 Å². The van der Waals surface area contributed by atoms with E-state index in [0.29, 0.717) is 16.7 Å². The van der Waals surface area contributed by atoms with Gasteiger partial charge in [0.05, 0.1) is 12.3 Å². The standard InChI is InChI=1S/C16H12Cl2N8O/c17-8-1-6(4-27)2-9(18)10(8)13-11-12(21)7(3-19)14(22)25-15(11)26-16(24-13)23-5-20/h1-2,13,27H,4H2,(H6,21,22,23,24,25,26). The second-order valence-electron chi connectivity index (χ2n) is 5.53. The van der Waals surface area contributed by atoms with Crippen molar-refractivity contribution < 1.29 is 5.11 Å². The number of aromatic nitrogens is 1. The van der Waals surface area contributed by atoms with Gasteiger partial charge in [0.25, 0.3) is 0 Å². The average molecular weight is 403 g/mol. The van der Waals surface area contributed by atoms with E-state index in [1.165, 1.54) is 0 Å². The number of halogens is 2. The number of guanidine groups is 1. The molecule has 2 heterocycles. The maximum Gasteiger partial charge on any atom is 0.211 e. The summed E-state index contributed by atoms with van der Waals surface area (Å²) in [6.45, 7) is -0.244. The third-order valence-electron chi connectivity index (χ3n) is 3.95. The molecule has 9 nitrogen and oxygen atoms in total. The molecule has 1 aliphatic heterocycles. The number of anilines is 3. The number of nitrogens with two attached hydrogens (primary N) is 2. The Labute approximate surface area is 163 Å². The van der Waals surface area contributed by atoms with E-state index in [-0.39, 0.29) is 45.5 Å². The summed E-state index contributed by atoms with van der Waals surface area (Å²) in [5.41, 5.74) is 13.3. The number of nitrogens with one attached hydrogen (secondary N) is 2. The van der Waals surface area contributed by atoms with Crippen molar-refractivity contribution in [2.24, 2.45) is 4.99 Å². The maximum absolute atomic E-state index is 9.33. The Hall–Kier alpha value is -3.24. The third-order valence-corrected chi connectivity index (χ3v) is 4.58. The van der Waals surface area contributed by atoms with Gasteiger partial charge in [-0.15, -0.1) is 0 Å². The Morgan fingerprint density at radius 2 is 1.89 bits per heavy atom. The highest BCUT2D eigenvalue weighted by molar-refractivity contribution is 6.36. The molecule has 0 spiro atoms. The van der Waals surface area contributed by atoms with Crippen molar-refractivity contribution in [2.75, 3.05) is 16.8 Å². The van der Waals surface area contributed by atoms with Gasteiger partial charge in [0, 0.05) is 21.2 Å². The first-order chi connectivity index (χ1) is 12.9. The van der Waals surface area contributed by atoms with E-state index in [2.05, 4.69) is 20.6 Å². The molecule has 1 unspecified atom stereocenters. The highest BCUT2D eigenvalue weighted by atomic mass is 35.5. The number of rotatable bonds is 2. The number of benzene rings is 1. The van der Waals surface area contributed by atoms with E-state index in [1.54, 1.807) is 18.3 Å². The summed E-state index contributed by atoms with van der Waals surface area (Å²) in [4.78, 5) is 8.55. The predicted molar refractivity (Wildman–Crippen MR) is 102 cm³/mol. The number of aliphatic imine (C=N–C) groups is 1. The van der Waals surface area contributed by atoms with Gasteiger partial charge in [-0.05, 0) is 17.7 Å². The molecule has 3 rings (SSSR count). The molecular weight excluding hydrogens is 391 g/mol. The lowest BCUT2D eigenvalue weighted by atomic mass is 9.94. The Morgan fingerprint density at radius 1 is 1.22 bits per heavy atom. The van der Waals surface area contributed by atoms with Crippen molar-refractivity contribution in [2.45, 2.75) is 12.6 Å². The average Bonchev–Trinajstić information content (AvgIpc) is 2.61. The summed E-state index contributed by atoms with van der Waals surface area (Å²) < 4.78 is 0. The molecule has 0 saturated carbocycles. The SMILES string of the molecule is N#CNC1=NC(c2c(Cl)cc(CO)cc2Cl)c2c(nc(N)c(C#N)c2N)N1. The van der Waals surface area contributed by atoms with E-state index in [9.17, 15) is 10.4 Å². The lowest BCUT2D eigenvalue weighted by Crippen LogP contribution is -2.33. The zero-order chi connectivity index (χ0) is 19.7. The van der Waals surface area contributed by atoms with Crippen LogP contribution in [-0.2, 0) is 6.61 Å². The van der Waals surface area contributed by atoms with Crippen molar-refractivity contribution in [1.29, 1.82) is 10.5 Å². The molecule has 0 saturated heterocycles. The van der Waals surface area contributed by atoms with E-state index in [1.807, 2.05) is 6.07 Å². The fourth-order valence-electron chi connectivity index (χ4n) is 2.78. The molecule has 11 heteroatoms. The van der Waals surface area contributed by atoms with Crippen molar-refractivity contribution >= 4 is 46.5 Å². The fraction of sp³-hybridized carbons (Fsp3) is 0.125. The normalized spacial score (nSPS) is 15.0. The van der Waals surface area contributed by atoms with Crippen LogP contribution in [0.3, 0.4) is 0 Å². The molecule has 0 bridgehead atoms. The summed E-state index contributed by atoms with van der Waals surface area (Å²) in [5.74, 6) is 0.246. The van der Waals surface area contributed by atoms with Crippen LogP contribution in [0.15, 0.2) is 17.1 Å². The van der Waals surface area contributed by atoms with Gasteiger partial charge in [-0.3, -0.25) is 5.32 Å². The Morgan fingerprint density at radius 3 is 2.44 bits per heavy atom. The van der Waals surface area contributed by atoms with E-state index >= 15 is 0 Å². The zero-order valence-corrected chi connectivity index (χ0v) is 15.1. The largest absolute Gasteiger partial charge is 0.397 e. The molecule has 0 amide bonds. The molecule has 2 aromatic rings. The first kappa shape index (κ1) is 18.5. The minimum atomic E-state index is -0.856. The predicted octanol–water partition coefficient (Wildman–Crippen LogP) is 1.86. The summed E-state index contributed by atoms with van der Waals surface area (Å²) >= 11 is 12.7. The summed E-state index contributed by atoms with van der Waals surface area (Å²) in [6.07, 6.45) is 1.75. The molecular formula is C16H12Cl2N8O. The van der Waals surface area contributed by atoms with Crippen LogP contribution < -0.4 is 22.1 Å². The van der Waals surface area contributed by atoms with Gasteiger partial charge in [-0.2, -0.15) is 10.5 Å². The maximum atomic E-state index is 9.33. The van der Waals surface area contributed by atoms with Gasteiger partial charge >= 0.3 is 0 Å². The second kappa shape index (κ2) is 7.17. The van der Waals surface area contributed by atoms with Crippen LogP contribution in [0, 0.1) is 22.8 Å². The lowest BCUT2D eigenvalue weighted by molar-refractivity contribution is 0.282. The molecule has 27 heavy (non-hydrogen) atoms. The first-order valence-corrected chi connectivity index (χ1v) is 8.24. The molecule has 1 aliphatic rings. The minimum Gasteiger partial charge on any atom is -0.397 e. The number of aliphatic hydroxyl groups excluding tert-OH is 1. The number of hydrogen-bond acceptors (Lipinski definition) is 9. The Kier molecular flexibility index (Phi) is 4.93. The monoisotopic (exact) mass is 402 g/mol. The number of hydrogen-bond donors (Lipinski definition) is 5. The smallest absolute Gasteiger partial charge is 0.211 e. The highest BCUT2D eigenvalue weighted by Crippen LogP contribution is 2.45. The van der Waals surface area contributed by atoms with Crippen LogP contribution in [0.25, 0.3) is 0 Å². The van der Waals surface area contributed by atoms with Gasteiger partial charge in [0.1, 0.15) is 29.3 Å². The molecule has 1 atom stereocenters. The van der Waals surface area contributed by atoms with E-state index in [0.717, 1.165) is 0 Å². The highest BCUT2D eigenvalue weighted by Gasteiger charge is 2.32. The molecule has 0 radical (unpaired) electrons. The first-order valence-electron chi connectivity index (χ1n) is 7.48. The second-order valence-corrected chi connectivity index (χ2v) is 6.35. The van der Waals surface area contributed by atoms with Gasteiger partial charge < -0.3 is 21.9 Å². The number of pyridine rings is 1. The van der Waals surface area contributed by atoms with E-state index < -0.39 is 6.04 Å². The molecule has 1 aromatic carbocycles. The number of nitrogen functional groups attached to an aromatic ring is 2. The summed E-state index contributed by atoms with van der Waals surface area (Å²) in [7, 11) is 0. The third kappa shape index (κ3) is 3.15. The quantitative estimate of drug-likeness (QED) is 0.374. The van der Waals surface area contributed by atoms with Gasteiger partial charge in [-0.25, -0.2) is 9.98 Å². The molecule has 1 aromatic heterocycles. The summed E-state index contributed by atoms with van der Waals surface area (Å²) in [6, 6.07) is 4.15. The molecule has 0 fully saturated rings. The van der Waals surface area contributed by atoms with Gasteiger partial charge in [-0.1, -0.05) is 23.2 Å². The van der Waals surface area contributed by atoms with E-state index in [4.69, 9.17) is 39.9 Å². The van der Waals surface area contributed by atoms with Crippen LogP contribution in [0.2, 0.25) is 10.0 Å². The van der Waals surface area contributed by atoms with Crippen molar-refractivity contribution in [3.05, 3.63) is 44.4 Å². The molecule has 0 aliphatic carbocycles. The number of nitriles is 2. The van der Waals surface area contributed by atoms with Crippen molar-refractivity contribution in [3.63, 3.8) is 0 Å². The van der Waals surface area contributed by atoms with Crippen LogP contribution in [0.1, 0.15) is 28.3 Å². The fourth-order valence-corrected chi connectivity index (χ4v) is 3.52. The van der Waals surface area contributed by atoms with Crippen LogP contribution >= 0.6 is 23.2 Å². The number of nitrogens with zero attached hydrogens (tertiary/aromatic N) is 4. The minimum absolute atomic E-state index is 0.00617. The van der Waals surface area contributed by atoms with Crippen molar-refractivity contribution in [3.8, 4) is 12.3 Å². The number of aliphatic hydroxyl groups is 1. The van der Waals surface area contributed by atoms with Crippen molar-refractivity contribution in [1.82, 2.24) is 10.3 Å². The number of fused-ring (bicyclic) bond motifs is 1. The molecule has 7 N–H and O–H groups in total. The lowest BCUT2D eigenvalue weighted by Gasteiger charge is -2.27. The van der Waals surface area contributed by atoms with Crippen LogP contribution in [0.5, 0.6) is 0 Å². The Bertz CT molecular complexity index is 1030. The Balaban J connectivity index is 2.31. The van der Waals surface area contributed by atoms with Crippen LogP contribution in [-0.4, -0.2) is 16.1 Å². The summed E-state index contributed by atoms with van der Waals surface area (Å²) in [5, 5.41) is 33.2. The van der Waals surface area contributed by atoms with Gasteiger partial charge in [0.15, 0.2) is 6.19 Å². The zero-order valence-electron chi connectivity index (χ0n) is 13.6. The molecule has 136 valence electrons. The van der Waals surface area contributed by atoms with Gasteiger partial charge in [0.2, 0.25) is 5.96 Å². The van der Waals surface area contributed by atoms with Crippen LogP contribution in [0.4, 0.5) is 17.3 Å².